The van der Waals surface area contributed by atoms with Crippen LogP contribution in [0.1, 0.15) is 17.3 Å². The molecular formula is C12H13F2NO2. The van der Waals surface area contributed by atoms with Crippen molar-refractivity contribution in [3.63, 3.8) is 0 Å². The maximum atomic E-state index is 13.3. The molecule has 1 N–H and O–H groups in total. The summed E-state index contributed by atoms with van der Waals surface area (Å²) < 4.78 is 31.2. The summed E-state index contributed by atoms with van der Waals surface area (Å²) in [4.78, 5) is 11.6. The van der Waals surface area contributed by atoms with Crippen LogP contribution in [0.25, 0.3) is 0 Å². The lowest BCUT2D eigenvalue weighted by atomic mass is 9.88. The molecule has 92 valence electrons. The summed E-state index contributed by atoms with van der Waals surface area (Å²) >= 11 is 0. The zero-order chi connectivity index (χ0) is 12.5. The van der Waals surface area contributed by atoms with Gasteiger partial charge in [-0.25, -0.2) is 8.78 Å². The monoisotopic (exact) mass is 241 g/mol. The van der Waals surface area contributed by atoms with Crippen LogP contribution in [0, 0.1) is 17.0 Å². The average molecular weight is 241 g/mol. The molecule has 1 heterocycles. The molecule has 1 aromatic carbocycles. The number of halogens is 2. The molecule has 1 saturated heterocycles. The summed E-state index contributed by atoms with van der Waals surface area (Å²) in [6, 6.07) is 2.82. The largest absolute Gasteiger partial charge is 0.380 e. The molecule has 0 aromatic heterocycles. The third-order valence-electron chi connectivity index (χ3n) is 2.75. The summed E-state index contributed by atoms with van der Waals surface area (Å²) in [6.45, 7) is 3.48. The molecule has 17 heavy (non-hydrogen) atoms. The molecule has 2 rings (SSSR count). The predicted molar refractivity (Wildman–Crippen MR) is 57.6 cm³/mol. The zero-order valence-corrected chi connectivity index (χ0v) is 9.43. The van der Waals surface area contributed by atoms with Gasteiger partial charge in [-0.3, -0.25) is 4.79 Å². The van der Waals surface area contributed by atoms with E-state index in [1.165, 1.54) is 0 Å². The number of carbonyl (C=O) groups is 1. The van der Waals surface area contributed by atoms with Crippen molar-refractivity contribution in [1.29, 1.82) is 0 Å². The van der Waals surface area contributed by atoms with E-state index < -0.39 is 17.5 Å². The van der Waals surface area contributed by atoms with Crippen molar-refractivity contribution >= 4 is 5.91 Å². The number of benzene rings is 1. The van der Waals surface area contributed by atoms with Crippen LogP contribution >= 0.6 is 0 Å². The Kier molecular flexibility index (Phi) is 3.11. The van der Waals surface area contributed by atoms with E-state index in [1.807, 2.05) is 6.92 Å². The molecule has 1 fully saturated rings. The topological polar surface area (TPSA) is 38.3 Å². The molecule has 0 spiro atoms. The molecule has 3 nitrogen and oxygen atoms in total. The highest BCUT2D eigenvalue weighted by atomic mass is 19.1. The van der Waals surface area contributed by atoms with Crippen LogP contribution in [0.3, 0.4) is 0 Å². The summed E-state index contributed by atoms with van der Waals surface area (Å²) in [6.07, 6.45) is 0. The van der Waals surface area contributed by atoms with Gasteiger partial charge in [0.1, 0.15) is 11.6 Å². The third kappa shape index (κ3) is 2.61. The van der Waals surface area contributed by atoms with Gasteiger partial charge in [-0.05, 0) is 18.2 Å². The third-order valence-corrected chi connectivity index (χ3v) is 2.75. The summed E-state index contributed by atoms with van der Waals surface area (Å²) in [5.41, 5.74) is -0.367. The van der Waals surface area contributed by atoms with Crippen LogP contribution in [-0.2, 0) is 4.74 Å². The zero-order valence-electron chi connectivity index (χ0n) is 9.43. The number of ether oxygens (including phenoxy) is 1. The number of carbonyl (C=O) groups excluding carboxylic acids is 1. The van der Waals surface area contributed by atoms with Gasteiger partial charge < -0.3 is 10.1 Å². The van der Waals surface area contributed by atoms with E-state index in [0.717, 1.165) is 18.2 Å². The van der Waals surface area contributed by atoms with Crippen LogP contribution < -0.4 is 5.32 Å². The van der Waals surface area contributed by atoms with Gasteiger partial charge >= 0.3 is 0 Å². The van der Waals surface area contributed by atoms with Gasteiger partial charge in [0.25, 0.3) is 5.91 Å². The summed E-state index contributed by atoms with van der Waals surface area (Å²) in [5, 5.41) is 2.58. The fourth-order valence-electron chi connectivity index (χ4n) is 1.61. The molecular weight excluding hydrogens is 228 g/mol. The number of hydrogen-bond donors (Lipinski definition) is 1. The Morgan fingerprint density at radius 1 is 1.47 bits per heavy atom. The van der Waals surface area contributed by atoms with Gasteiger partial charge in [0.15, 0.2) is 0 Å². The second-order valence-corrected chi connectivity index (χ2v) is 4.61. The Morgan fingerprint density at radius 3 is 2.76 bits per heavy atom. The second-order valence-electron chi connectivity index (χ2n) is 4.61. The van der Waals surface area contributed by atoms with Crippen LogP contribution in [0.2, 0.25) is 0 Å². The maximum Gasteiger partial charge on any atom is 0.254 e. The van der Waals surface area contributed by atoms with Crippen molar-refractivity contribution in [2.24, 2.45) is 5.41 Å². The van der Waals surface area contributed by atoms with Crippen molar-refractivity contribution in [3.8, 4) is 0 Å². The molecule has 0 aliphatic carbocycles. The summed E-state index contributed by atoms with van der Waals surface area (Å²) in [7, 11) is 0. The molecule has 0 bridgehead atoms. The van der Waals surface area contributed by atoms with E-state index in [2.05, 4.69) is 5.32 Å². The quantitative estimate of drug-likeness (QED) is 0.875. The van der Waals surface area contributed by atoms with Crippen molar-refractivity contribution in [3.05, 3.63) is 35.4 Å². The fourth-order valence-corrected chi connectivity index (χ4v) is 1.61. The molecule has 1 aromatic rings. The first-order valence-electron chi connectivity index (χ1n) is 5.31. The first-order chi connectivity index (χ1) is 8.00. The predicted octanol–water partition coefficient (Wildman–Crippen LogP) is 1.73. The molecule has 1 aliphatic rings. The number of hydrogen-bond acceptors (Lipinski definition) is 2. The Hall–Kier alpha value is -1.49. The smallest absolute Gasteiger partial charge is 0.254 e. The molecule has 0 radical (unpaired) electrons. The molecule has 1 amide bonds. The van der Waals surface area contributed by atoms with Crippen LogP contribution in [-0.4, -0.2) is 25.7 Å². The highest BCUT2D eigenvalue weighted by molar-refractivity contribution is 5.94. The second kappa shape index (κ2) is 4.41. The van der Waals surface area contributed by atoms with Crippen molar-refractivity contribution < 1.29 is 18.3 Å². The fraction of sp³-hybridized carbons (Fsp3) is 0.417. The van der Waals surface area contributed by atoms with Gasteiger partial charge in [0.05, 0.1) is 18.8 Å². The van der Waals surface area contributed by atoms with Gasteiger partial charge in [-0.1, -0.05) is 6.92 Å². The average Bonchev–Trinajstić information content (AvgIpc) is 2.26. The van der Waals surface area contributed by atoms with Crippen LogP contribution in [0.15, 0.2) is 18.2 Å². The SMILES string of the molecule is CC1(CNC(=O)c2cc(F)ccc2F)COC1. The van der Waals surface area contributed by atoms with E-state index in [-0.39, 0.29) is 11.0 Å². The highest BCUT2D eigenvalue weighted by Gasteiger charge is 2.33. The lowest BCUT2D eigenvalue weighted by molar-refractivity contribution is -0.0978. The lowest BCUT2D eigenvalue weighted by Gasteiger charge is -2.38. The van der Waals surface area contributed by atoms with E-state index in [9.17, 15) is 13.6 Å². The molecule has 1 aliphatic heterocycles. The lowest BCUT2D eigenvalue weighted by Crippen LogP contribution is -2.48. The van der Waals surface area contributed by atoms with Gasteiger partial charge in [0, 0.05) is 12.0 Å². The molecule has 5 heteroatoms. The van der Waals surface area contributed by atoms with Gasteiger partial charge in [-0.2, -0.15) is 0 Å². The Balaban J connectivity index is 2.01. The van der Waals surface area contributed by atoms with Crippen LogP contribution in [0.5, 0.6) is 0 Å². The van der Waals surface area contributed by atoms with Crippen LogP contribution in [0.4, 0.5) is 8.78 Å². The van der Waals surface area contributed by atoms with Gasteiger partial charge in [-0.15, -0.1) is 0 Å². The summed E-state index contributed by atoms with van der Waals surface area (Å²) in [5.74, 6) is -1.95. The van der Waals surface area contributed by atoms with Crippen molar-refractivity contribution in [2.45, 2.75) is 6.92 Å². The first kappa shape index (κ1) is 12.0. The normalized spacial score (nSPS) is 17.4. The van der Waals surface area contributed by atoms with Crippen molar-refractivity contribution in [1.82, 2.24) is 5.32 Å². The number of amides is 1. The van der Waals surface area contributed by atoms with Crippen molar-refractivity contribution in [2.75, 3.05) is 19.8 Å². The Morgan fingerprint density at radius 2 is 2.18 bits per heavy atom. The maximum absolute atomic E-state index is 13.3. The minimum atomic E-state index is -0.723. The van der Waals surface area contributed by atoms with Gasteiger partial charge in [0.2, 0.25) is 0 Å². The van der Waals surface area contributed by atoms with E-state index in [4.69, 9.17) is 4.74 Å². The van der Waals surface area contributed by atoms with E-state index in [1.54, 1.807) is 0 Å². The minimum Gasteiger partial charge on any atom is -0.380 e. The highest BCUT2D eigenvalue weighted by Crippen LogP contribution is 2.25. The molecule has 0 saturated carbocycles. The molecule has 0 unspecified atom stereocenters. The van der Waals surface area contributed by atoms with E-state index >= 15 is 0 Å². The minimum absolute atomic E-state index is 0.0978. The standard InChI is InChI=1S/C12H13F2NO2/c1-12(6-17-7-12)5-15-11(16)9-4-8(13)2-3-10(9)14/h2-4H,5-7H2,1H3,(H,15,16). The number of nitrogens with one attached hydrogen (secondary N) is 1. The Labute approximate surface area is 97.8 Å². The first-order valence-corrected chi connectivity index (χ1v) is 5.31. The molecule has 0 atom stereocenters. The number of rotatable bonds is 3. The van der Waals surface area contributed by atoms with E-state index in [0.29, 0.717) is 19.8 Å². The Bertz CT molecular complexity index is 444.